The van der Waals surface area contributed by atoms with Gasteiger partial charge < -0.3 is 4.74 Å². The predicted molar refractivity (Wildman–Crippen MR) is 43.5 cm³/mol. The number of hydrogen-bond acceptors (Lipinski definition) is 2. The molecule has 0 spiro atoms. The molecule has 0 heterocycles. The van der Waals surface area contributed by atoms with Crippen LogP contribution in [0.1, 0.15) is 39.0 Å². The summed E-state index contributed by atoms with van der Waals surface area (Å²) in [4.78, 5) is 11.5. The molecule has 2 heteroatoms. The van der Waals surface area contributed by atoms with Gasteiger partial charge in [-0.25, -0.2) is 0 Å². The zero-order chi connectivity index (χ0) is 8.32. The molecule has 2 nitrogen and oxygen atoms in total. The number of Topliss-reactive ketones (excluding diaryl/α,β-unsaturated/α-hetero) is 1. The monoisotopic (exact) mass is 156 g/mol. The number of carbonyl (C=O) groups excluding carboxylic acids is 1. The molecule has 1 fully saturated rings. The van der Waals surface area contributed by atoms with Crippen LogP contribution in [0.15, 0.2) is 0 Å². The maximum atomic E-state index is 11.5. The van der Waals surface area contributed by atoms with Crippen LogP contribution in [-0.4, -0.2) is 18.5 Å². The molecular weight excluding hydrogens is 140 g/mol. The summed E-state index contributed by atoms with van der Waals surface area (Å²) in [6.07, 6.45) is 4.63. The van der Waals surface area contributed by atoms with Gasteiger partial charge in [-0.15, -0.1) is 0 Å². The lowest BCUT2D eigenvalue weighted by Crippen LogP contribution is -2.42. The Labute approximate surface area is 67.9 Å². The topological polar surface area (TPSA) is 26.3 Å². The van der Waals surface area contributed by atoms with E-state index in [0.717, 1.165) is 25.7 Å². The summed E-state index contributed by atoms with van der Waals surface area (Å²) in [5.41, 5.74) is -0.418. The quantitative estimate of drug-likeness (QED) is 0.610. The van der Waals surface area contributed by atoms with Crippen molar-refractivity contribution in [1.29, 1.82) is 0 Å². The lowest BCUT2D eigenvalue weighted by atomic mass is 9.81. The van der Waals surface area contributed by atoms with E-state index in [4.69, 9.17) is 4.74 Å². The van der Waals surface area contributed by atoms with Gasteiger partial charge in [-0.1, -0.05) is 6.92 Å². The lowest BCUT2D eigenvalue weighted by molar-refractivity contribution is -0.145. The lowest BCUT2D eigenvalue weighted by Gasteiger charge is -2.33. The molecule has 0 saturated heterocycles. The van der Waals surface area contributed by atoms with Gasteiger partial charge in [0.1, 0.15) is 5.60 Å². The predicted octanol–water partition coefficient (Wildman–Crippen LogP) is 1.92. The number of ether oxygens (including phenoxy) is 1. The Balaban J connectivity index is 2.69. The maximum Gasteiger partial charge on any atom is 0.164 e. The molecule has 64 valence electrons. The Morgan fingerprint density at radius 3 is 2.64 bits per heavy atom. The van der Waals surface area contributed by atoms with Gasteiger partial charge >= 0.3 is 0 Å². The average Bonchev–Trinajstić information content (AvgIpc) is 2.06. The van der Waals surface area contributed by atoms with Crippen molar-refractivity contribution in [3.8, 4) is 0 Å². The van der Waals surface area contributed by atoms with Crippen molar-refractivity contribution in [3.63, 3.8) is 0 Å². The fraction of sp³-hybridized carbons (Fsp3) is 0.889. The van der Waals surface area contributed by atoms with Crippen molar-refractivity contribution < 1.29 is 9.53 Å². The number of ketones is 1. The van der Waals surface area contributed by atoms with E-state index >= 15 is 0 Å². The second-order valence-electron chi connectivity index (χ2n) is 3.18. The van der Waals surface area contributed by atoms with Gasteiger partial charge in [-0.2, -0.15) is 0 Å². The van der Waals surface area contributed by atoms with Crippen molar-refractivity contribution >= 4 is 5.78 Å². The highest BCUT2D eigenvalue weighted by Gasteiger charge is 2.37. The van der Waals surface area contributed by atoms with Crippen molar-refractivity contribution in [2.24, 2.45) is 0 Å². The highest BCUT2D eigenvalue weighted by molar-refractivity contribution is 5.87. The smallest absolute Gasteiger partial charge is 0.164 e. The zero-order valence-corrected chi connectivity index (χ0v) is 7.35. The molecule has 1 aliphatic carbocycles. The maximum absolute atomic E-state index is 11.5. The molecule has 1 unspecified atom stereocenters. The van der Waals surface area contributed by atoms with E-state index in [1.54, 1.807) is 7.11 Å². The summed E-state index contributed by atoms with van der Waals surface area (Å²) in [7, 11) is 1.65. The number of carbonyl (C=O) groups is 1. The molecule has 1 aliphatic rings. The summed E-state index contributed by atoms with van der Waals surface area (Å²) >= 11 is 0. The van der Waals surface area contributed by atoms with Crippen LogP contribution in [0.2, 0.25) is 0 Å². The molecule has 0 bridgehead atoms. The first-order chi connectivity index (χ1) is 5.25. The molecule has 0 aliphatic heterocycles. The van der Waals surface area contributed by atoms with Gasteiger partial charge in [0.05, 0.1) is 0 Å². The third kappa shape index (κ3) is 1.45. The van der Waals surface area contributed by atoms with Crippen molar-refractivity contribution in [3.05, 3.63) is 0 Å². The van der Waals surface area contributed by atoms with Gasteiger partial charge in [-0.3, -0.25) is 4.79 Å². The van der Waals surface area contributed by atoms with E-state index in [1.807, 2.05) is 6.92 Å². The van der Waals surface area contributed by atoms with Gasteiger partial charge in [0.15, 0.2) is 5.78 Å². The number of methoxy groups -OCH3 is 1. The van der Waals surface area contributed by atoms with Gasteiger partial charge in [0, 0.05) is 13.5 Å². The Bertz CT molecular complexity index is 148. The van der Waals surface area contributed by atoms with E-state index in [2.05, 4.69) is 0 Å². The third-order valence-corrected chi connectivity index (χ3v) is 2.70. The minimum atomic E-state index is -0.418. The second-order valence-corrected chi connectivity index (χ2v) is 3.18. The molecule has 0 aromatic carbocycles. The molecule has 1 saturated carbocycles. The summed E-state index contributed by atoms with van der Waals surface area (Å²) in [5, 5.41) is 0. The molecule has 0 N–H and O–H groups in total. The van der Waals surface area contributed by atoms with Crippen LogP contribution < -0.4 is 0 Å². The Morgan fingerprint density at radius 2 is 2.27 bits per heavy atom. The molecule has 0 aromatic rings. The summed E-state index contributed by atoms with van der Waals surface area (Å²) in [5.74, 6) is 0.300. The number of rotatable bonds is 2. The van der Waals surface area contributed by atoms with Crippen molar-refractivity contribution in [2.45, 2.75) is 44.6 Å². The highest BCUT2D eigenvalue weighted by atomic mass is 16.5. The SMILES string of the molecule is CCC1(OC)CCCCC1=O. The zero-order valence-electron chi connectivity index (χ0n) is 7.35. The largest absolute Gasteiger partial charge is 0.370 e. The standard InChI is InChI=1S/C9H16O2/c1-3-9(11-2)7-5-4-6-8(9)10/h3-7H2,1-2H3. The van der Waals surface area contributed by atoms with Crippen LogP contribution in [0.5, 0.6) is 0 Å². The number of hydrogen-bond donors (Lipinski definition) is 0. The van der Waals surface area contributed by atoms with E-state index in [1.165, 1.54) is 0 Å². The first-order valence-corrected chi connectivity index (χ1v) is 4.33. The first kappa shape index (κ1) is 8.72. The van der Waals surface area contributed by atoms with Gasteiger partial charge in [0.25, 0.3) is 0 Å². The molecule has 0 radical (unpaired) electrons. The van der Waals surface area contributed by atoms with Crippen LogP contribution in [-0.2, 0) is 9.53 Å². The molecule has 1 rings (SSSR count). The van der Waals surface area contributed by atoms with E-state index in [9.17, 15) is 4.79 Å². The summed E-state index contributed by atoms with van der Waals surface area (Å²) < 4.78 is 5.29. The summed E-state index contributed by atoms with van der Waals surface area (Å²) in [6, 6.07) is 0. The average molecular weight is 156 g/mol. The van der Waals surface area contributed by atoms with Crippen LogP contribution in [0.4, 0.5) is 0 Å². The Morgan fingerprint density at radius 1 is 1.55 bits per heavy atom. The van der Waals surface area contributed by atoms with Crippen LogP contribution >= 0.6 is 0 Å². The minimum Gasteiger partial charge on any atom is -0.370 e. The Hall–Kier alpha value is -0.370. The van der Waals surface area contributed by atoms with E-state index in [-0.39, 0.29) is 0 Å². The fourth-order valence-electron chi connectivity index (χ4n) is 1.80. The molecule has 1 atom stereocenters. The fourth-order valence-corrected chi connectivity index (χ4v) is 1.80. The van der Waals surface area contributed by atoms with Crippen LogP contribution in [0.25, 0.3) is 0 Å². The first-order valence-electron chi connectivity index (χ1n) is 4.33. The highest BCUT2D eigenvalue weighted by Crippen LogP contribution is 2.30. The third-order valence-electron chi connectivity index (χ3n) is 2.70. The minimum absolute atomic E-state index is 0.300. The second kappa shape index (κ2) is 3.35. The van der Waals surface area contributed by atoms with Crippen molar-refractivity contribution in [2.75, 3.05) is 7.11 Å². The van der Waals surface area contributed by atoms with Crippen LogP contribution in [0.3, 0.4) is 0 Å². The van der Waals surface area contributed by atoms with Crippen LogP contribution in [0, 0.1) is 0 Å². The van der Waals surface area contributed by atoms with Gasteiger partial charge in [-0.05, 0) is 25.7 Å². The normalized spacial score (nSPS) is 32.4. The van der Waals surface area contributed by atoms with E-state index in [0.29, 0.717) is 12.2 Å². The summed E-state index contributed by atoms with van der Waals surface area (Å²) in [6.45, 7) is 2.02. The van der Waals surface area contributed by atoms with Gasteiger partial charge in [0.2, 0.25) is 0 Å². The molecule has 0 amide bonds. The molecule has 0 aromatic heterocycles. The van der Waals surface area contributed by atoms with Crippen molar-refractivity contribution in [1.82, 2.24) is 0 Å². The van der Waals surface area contributed by atoms with E-state index < -0.39 is 5.60 Å². The molecular formula is C9H16O2. The molecule has 11 heavy (non-hydrogen) atoms. The Kier molecular flexibility index (Phi) is 2.66.